The van der Waals surface area contributed by atoms with Gasteiger partial charge in [-0.15, -0.1) is 0 Å². The van der Waals surface area contributed by atoms with Crippen molar-refractivity contribution in [1.82, 2.24) is 14.4 Å². The van der Waals surface area contributed by atoms with Crippen LogP contribution < -0.4 is 10.6 Å². The number of hydrogen-bond acceptors (Lipinski definition) is 4. The lowest BCUT2D eigenvalue weighted by Gasteiger charge is -2.08. The van der Waals surface area contributed by atoms with E-state index in [1.807, 2.05) is 23.6 Å². The van der Waals surface area contributed by atoms with Gasteiger partial charge in [0.25, 0.3) is 5.91 Å². The van der Waals surface area contributed by atoms with E-state index in [4.69, 9.17) is 0 Å². The molecule has 1 amide bonds. The van der Waals surface area contributed by atoms with Crippen LogP contribution in [-0.4, -0.2) is 27.3 Å². The number of carbonyl (C=O) groups is 1. The van der Waals surface area contributed by atoms with Gasteiger partial charge in [-0.2, -0.15) is 9.97 Å². The number of rotatable bonds is 3. The fraction of sp³-hybridized carbons (Fsp3) is 0.278. The van der Waals surface area contributed by atoms with Gasteiger partial charge in [0.05, 0.1) is 5.56 Å². The lowest BCUT2D eigenvalue weighted by molar-refractivity contribution is 0.102. The fourth-order valence-electron chi connectivity index (χ4n) is 3.27. The number of nitrogens with one attached hydrogen (secondary N) is 2. The second kappa shape index (κ2) is 5.63. The normalized spacial score (nSPS) is 13.1. The van der Waals surface area contributed by atoms with Crippen molar-refractivity contribution in [1.29, 1.82) is 0 Å². The zero-order valence-corrected chi connectivity index (χ0v) is 13.8. The summed E-state index contributed by atoms with van der Waals surface area (Å²) < 4.78 is 1.82. The summed E-state index contributed by atoms with van der Waals surface area (Å²) in [5, 5.41) is 5.92. The van der Waals surface area contributed by atoms with Gasteiger partial charge in [0.1, 0.15) is 5.82 Å². The van der Waals surface area contributed by atoms with E-state index < -0.39 is 0 Å². The van der Waals surface area contributed by atoms with Crippen LogP contribution in [0.25, 0.3) is 5.65 Å². The molecule has 1 aliphatic carbocycles. The summed E-state index contributed by atoms with van der Waals surface area (Å²) in [5.41, 5.74) is 4.71. The Morgan fingerprint density at radius 2 is 2.00 bits per heavy atom. The molecule has 0 spiro atoms. The Morgan fingerprint density at radius 1 is 1.17 bits per heavy atom. The molecular weight excluding hydrogens is 302 g/mol. The quantitative estimate of drug-likeness (QED) is 0.778. The van der Waals surface area contributed by atoms with Gasteiger partial charge < -0.3 is 10.6 Å². The van der Waals surface area contributed by atoms with Crippen LogP contribution in [0.3, 0.4) is 0 Å². The highest BCUT2D eigenvalue weighted by Crippen LogP contribution is 2.25. The molecule has 0 saturated heterocycles. The lowest BCUT2D eigenvalue weighted by atomic mass is 10.1. The summed E-state index contributed by atoms with van der Waals surface area (Å²) in [4.78, 5) is 21.4. The number of aromatic nitrogens is 3. The number of benzene rings is 1. The number of aryl methyl sites for hydroxylation is 3. The first-order valence-corrected chi connectivity index (χ1v) is 8.12. The molecule has 0 fully saturated rings. The number of nitrogens with zero attached hydrogens (tertiary/aromatic N) is 3. The first-order chi connectivity index (χ1) is 11.7. The highest BCUT2D eigenvalue weighted by atomic mass is 16.1. The summed E-state index contributed by atoms with van der Waals surface area (Å²) in [7, 11) is 1.76. The highest BCUT2D eigenvalue weighted by molar-refractivity contribution is 6.08. The van der Waals surface area contributed by atoms with E-state index in [-0.39, 0.29) is 5.91 Å². The summed E-state index contributed by atoms with van der Waals surface area (Å²) in [6.45, 7) is 1.89. The lowest BCUT2D eigenvalue weighted by Crippen LogP contribution is -2.13. The third-order valence-corrected chi connectivity index (χ3v) is 4.51. The Morgan fingerprint density at radius 3 is 2.83 bits per heavy atom. The fourth-order valence-corrected chi connectivity index (χ4v) is 3.27. The van der Waals surface area contributed by atoms with Crippen molar-refractivity contribution in [3.05, 3.63) is 53.0 Å². The molecule has 2 heterocycles. The van der Waals surface area contributed by atoms with E-state index in [9.17, 15) is 4.79 Å². The van der Waals surface area contributed by atoms with Gasteiger partial charge in [-0.1, -0.05) is 6.07 Å². The average molecular weight is 321 g/mol. The first kappa shape index (κ1) is 14.7. The second-order valence-corrected chi connectivity index (χ2v) is 6.06. The molecule has 24 heavy (non-hydrogen) atoms. The van der Waals surface area contributed by atoms with Gasteiger partial charge in [0.15, 0.2) is 5.65 Å². The molecule has 1 aromatic carbocycles. The maximum atomic E-state index is 12.7. The van der Waals surface area contributed by atoms with E-state index >= 15 is 0 Å². The van der Waals surface area contributed by atoms with Crippen molar-refractivity contribution >= 4 is 23.2 Å². The van der Waals surface area contributed by atoms with E-state index in [2.05, 4.69) is 32.7 Å². The largest absolute Gasteiger partial charge is 0.357 e. The van der Waals surface area contributed by atoms with Crippen LogP contribution in [0.2, 0.25) is 0 Å². The minimum absolute atomic E-state index is 0.157. The Labute approximate surface area is 139 Å². The minimum atomic E-state index is -0.157. The van der Waals surface area contributed by atoms with Crippen molar-refractivity contribution < 1.29 is 4.79 Å². The predicted octanol–water partition coefficient (Wildman–Crippen LogP) is 2.82. The zero-order chi connectivity index (χ0) is 16.7. The van der Waals surface area contributed by atoms with E-state index in [1.54, 1.807) is 13.1 Å². The number of anilines is 2. The van der Waals surface area contributed by atoms with Crippen molar-refractivity contribution in [2.75, 3.05) is 17.7 Å². The van der Waals surface area contributed by atoms with E-state index in [0.717, 1.165) is 24.4 Å². The average Bonchev–Trinajstić information content (AvgIpc) is 3.20. The zero-order valence-electron chi connectivity index (χ0n) is 13.8. The van der Waals surface area contributed by atoms with Gasteiger partial charge >= 0.3 is 0 Å². The standard InChI is InChI=1S/C18H19N5O/c1-11-20-18(19-2)22-16-15(8-9-23(11)16)17(24)21-14-7-6-12-4-3-5-13(12)10-14/h6-10H,3-5H2,1-2H3,(H,19,22)(H,21,24). The second-order valence-electron chi connectivity index (χ2n) is 6.06. The van der Waals surface area contributed by atoms with E-state index in [0.29, 0.717) is 17.2 Å². The molecule has 0 aliphatic heterocycles. The number of fused-ring (bicyclic) bond motifs is 2. The third-order valence-electron chi connectivity index (χ3n) is 4.51. The molecule has 0 saturated carbocycles. The van der Waals surface area contributed by atoms with Gasteiger partial charge in [-0.05, 0) is 55.5 Å². The number of hydrogen-bond donors (Lipinski definition) is 2. The molecule has 0 bridgehead atoms. The number of amides is 1. The van der Waals surface area contributed by atoms with Crippen LogP contribution in [0.5, 0.6) is 0 Å². The number of carbonyl (C=O) groups excluding carboxylic acids is 1. The molecule has 0 radical (unpaired) electrons. The highest BCUT2D eigenvalue weighted by Gasteiger charge is 2.17. The minimum Gasteiger partial charge on any atom is -0.357 e. The molecule has 2 aromatic heterocycles. The summed E-state index contributed by atoms with van der Waals surface area (Å²) >= 11 is 0. The molecule has 2 N–H and O–H groups in total. The van der Waals surface area contributed by atoms with Crippen molar-refractivity contribution in [3.8, 4) is 0 Å². The first-order valence-electron chi connectivity index (χ1n) is 8.12. The summed E-state index contributed by atoms with van der Waals surface area (Å²) in [6, 6.07) is 7.94. The van der Waals surface area contributed by atoms with Gasteiger partial charge in [-0.25, -0.2) is 0 Å². The molecule has 4 rings (SSSR count). The Bertz CT molecular complexity index is 944. The van der Waals surface area contributed by atoms with Crippen LogP contribution >= 0.6 is 0 Å². The Hall–Kier alpha value is -2.89. The maximum Gasteiger partial charge on any atom is 0.259 e. The predicted molar refractivity (Wildman–Crippen MR) is 93.7 cm³/mol. The summed E-state index contributed by atoms with van der Waals surface area (Å²) in [5.74, 6) is 1.13. The van der Waals surface area contributed by atoms with E-state index in [1.165, 1.54) is 17.5 Å². The van der Waals surface area contributed by atoms with Crippen molar-refractivity contribution in [2.45, 2.75) is 26.2 Å². The molecule has 0 unspecified atom stereocenters. The molecule has 1 aliphatic rings. The van der Waals surface area contributed by atoms with Crippen LogP contribution in [0.15, 0.2) is 30.5 Å². The Balaban J connectivity index is 1.67. The Kier molecular flexibility index (Phi) is 3.45. The van der Waals surface area contributed by atoms with Crippen LogP contribution in [0.4, 0.5) is 11.6 Å². The molecule has 3 aromatic rings. The molecular formula is C18H19N5O. The van der Waals surface area contributed by atoms with Crippen molar-refractivity contribution in [3.63, 3.8) is 0 Å². The van der Waals surface area contributed by atoms with Crippen molar-refractivity contribution in [2.24, 2.45) is 0 Å². The molecule has 6 nitrogen and oxygen atoms in total. The SMILES string of the molecule is CNc1nc(C)n2ccc(C(=O)Nc3ccc4c(c3)CCC4)c2n1. The monoisotopic (exact) mass is 321 g/mol. The molecule has 122 valence electrons. The topological polar surface area (TPSA) is 71.3 Å². The maximum absolute atomic E-state index is 12.7. The third kappa shape index (κ3) is 2.40. The van der Waals surface area contributed by atoms with Crippen LogP contribution in [0, 0.1) is 6.92 Å². The van der Waals surface area contributed by atoms with Gasteiger partial charge in [-0.3, -0.25) is 9.20 Å². The summed E-state index contributed by atoms with van der Waals surface area (Å²) in [6.07, 6.45) is 5.24. The van der Waals surface area contributed by atoms with Gasteiger partial charge in [0.2, 0.25) is 5.95 Å². The van der Waals surface area contributed by atoms with Gasteiger partial charge in [0, 0.05) is 18.9 Å². The van der Waals surface area contributed by atoms with Crippen LogP contribution in [-0.2, 0) is 12.8 Å². The molecule has 6 heteroatoms. The van der Waals surface area contributed by atoms with Crippen LogP contribution in [0.1, 0.15) is 33.7 Å². The smallest absolute Gasteiger partial charge is 0.259 e. The molecule has 0 atom stereocenters.